The summed E-state index contributed by atoms with van der Waals surface area (Å²) in [5.41, 5.74) is 13.9. The molecule has 11 heavy (non-hydrogen) atoms. The Morgan fingerprint density at radius 3 is 2.64 bits per heavy atom. The summed E-state index contributed by atoms with van der Waals surface area (Å²) >= 11 is 0. The van der Waals surface area contributed by atoms with Gasteiger partial charge in [0.2, 0.25) is 0 Å². The molecule has 0 amide bonds. The van der Waals surface area contributed by atoms with Crippen molar-refractivity contribution in [1.29, 1.82) is 0 Å². The van der Waals surface area contributed by atoms with Gasteiger partial charge in [-0.15, -0.1) is 0 Å². The van der Waals surface area contributed by atoms with Gasteiger partial charge in [0.25, 0.3) is 0 Å². The van der Waals surface area contributed by atoms with Crippen molar-refractivity contribution < 1.29 is 0 Å². The van der Waals surface area contributed by atoms with E-state index in [2.05, 4.69) is 5.32 Å². The number of nitrogen functional groups attached to an aromatic ring is 1. The molecule has 0 bridgehead atoms. The van der Waals surface area contributed by atoms with E-state index < -0.39 is 0 Å². The molecule has 3 heteroatoms. The van der Waals surface area contributed by atoms with Gasteiger partial charge in [-0.3, -0.25) is 0 Å². The summed E-state index contributed by atoms with van der Waals surface area (Å²) in [7, 11) is 1.84. The average molecular weight is 151 g/mol. The molecule has 1 aromatic carbocycles. The third kappa shape index (κ3) is 1.43. The fourth-order valence-corrected chi connectivity index (χ4v) is 1.09. The van der Waals surface area contributed by atoms with Crippen molar-refractivity contribution in [2.24, 2.45) is 5.73 Å². The maximum atomic E-state index is 5.69. The third-order valence-corrected chi connectivity index (χ3v) is 1.65. The van der Waals surface area contributed by atoms with Crippen LogP contribution in [0.15, 0.2) is 18.2 Å². The van der Waals surface area contributed by atoms with Gasteiger partial charge in [0.05, 0.1) is 11.4 Å². The lowest BCUT2D eigenvalue weighted by atomic mass is 10.1. The smallest absolute Gasteiger partial charge is 0.0616 e. The second-order valence-corrected chi connectivity index (χ2v) is 2.34. The van der Waals surface area contributed by atoms with Gasteiger partial charge in [-0.2, -0.15) is 0 Å². The molecule has 3 nitrogen and oxygen atoms in total. The third-order valence-electron chi connectivity index (χ3n) is 1.65. The second-order valence-electron chi connectivity index (χ2n) is 2.34. The van der Waals surface area contributed by atoms with Gasteiger partial charge < -0.3 is 16.8 Å². The summed E-state index contributed by atoms with van der Waals surface area (Å²) in [6, 6.07) is 5.71. The Balaban J connectivity index is 3.13. The highest BCUT2D eigenvalue weighted by molar-refractivity contribution is 5.69. The fourth-order valence-electron chi connectivity index (χ4n) is 1.09. The molecule has 0 aliphatic heterocycles. The molecular formula is C8H13N3. The molecule has 1 aromatic rings. The number of anilines is 2. The van der Waals surface area contributed by atoms with Gasteiger partial charge in [0, 0.05) is 13.6 Å². The maximum Gasteiger partial charge on any atom is 0.0616 e. The van der Waals surface area contributed by atoms with Gasteiger partial charge in [0.15, 0.2) is 0 Å². The molecular weight excluding hydrogens is 138 g/mol. The lowest BCUT2D eigenvalue weighted by Gasteiger charge is -2.09. The monoisotopic (exact) mass is 151 g/mol. The van der Waals surface area contributed by atoms with Crippen LogP contribution in [-0.4, -0.2) is 7.05 Å². The molecule has 0 aliphatic rings. The predicted octanol–water partition coefficient (Wildman–Crippen LogP) is 0.769. The molecule has 0 atom stereocenters. The van der Waals surface area contributed by atoms with Gasteiger partial charge in [-0.25, -0.2) is 0 Å². The van der Waals surface area contributed by atoms with Crippen LogP contribution in [0.25, 0.3) is 0 Å². The molecule has 0 heterocycles. The fraction of sp³-hybridized carbons (Fsp3) is 0.250. The number of para-hydroxylation sites is 1. The number of hydrogen-bond donors (Lipinski definition) is 3. The summed E-state index contributed by atoms with van der Waals surface area (Å²) in [4.78, 5) is 0. The molecule has 1 rings (SSSR count). The van der Waals surface area contributed by atoms with Crippen LogP contribution in [0.1, 0.15) is 5.56 Å². The van der Waals surface area contributed by atoms with E-state index in [1.165, 1.54) is 0 Å². The van der Waals surface area contributed by atoms with Crippen LogP contribution in [0.3, 0.4) is 0 Å². The van der Waals surface area contributed by atoms with Gasteiger partial charge in [0.1, 0.15) is 0 Å². The van der Waals surface area contributed by atoms with Crippen LogP contribution >= 0.6 is 0 Å². The van der Waals surface area contributed by atoms with Crippen LogP contribution in [0, 0.1) is 0 Å². The maximum absolute atomic E-state index is 5.69. The summed E-state index contributed by atoms with van der Waals surface area (Å²) in [5.74, 6) is 0. The summed E-state index contributed by atoms with van der Waals surface area (Å²) < 4.78 is 0. The van der Waals surface area contributed by atoms with Crippen LogP contribution in [0.4, 0.5) is 11.4 Å². The topological polar surface area (TPSA) is 64.1 Å². The van der Waals surface area contributed by atoms with E-state index in [-0.39, 0.29) is 0 Å². The Bertz CT molecular complexity index is 245. The van der Waals surface area contributed by atoms with Crippen molar-refractivity contribution in [2.45, 2.75) is 6.54 Å². The summed E-state index contributed by atoms with van der Waals surface area (Å²) in [6.45, 7) is 0.515. The van der Waals surface area contributed by atoms with Crippen molar-refractivity contribution in [2.75, 3.05) is 18.1 Å². The minimum Gasteiger partial charge on any atom is -0.397 e. The summed E-state index contributed by atoms with van der Waals surface area (Å²) in [6.07, 6.45) is 0. The predicted molar refractivity (Wildman–Crippen MR) is 48.3 cm³/mol. The van der Waals surface area contributed by atoms with E-state index in [1.54, 1.807) is 0 Å². The number of nitrogens with one attached hydrogen (secondary N) is 1. The molecule has 60 valence electrons. The van der Waals surface area contributed by atoms with Crippen molar-refractivity contribution in [3.8, 4) is 0 Å². The number of nitrogens with two attached hydrogens (primary N) is 2. The van der Waals surface area contributed by atoms with E-state index >= 15 is 0 Å². The second kappa shape index (κ2) is 3.25. The van der Waals surface area contributed by atoms with E-state index in [0.29, 0.717) is 6.54 Å². The van der Waals surface area contributed by atoms with Gasteiger partial charge in [-0.05, 0) is 11.6 Å². The number of benzene rings is 1. The first-order chi connectivity index (χ1) is 5.29. The molecule has 0 saturated heterocycles. The molecule has 0 aromatic heterocycles. The highest BCUT2D eigenvalue weighted by Gasteiger charge is 2.00. The highest BCUT2D eigenvalue weighted by Crippen LogP contribution is 2.21. The molecule has 0 spiro atoms. The molecule has 0 aliphatic carbocycles. The minimum absolute atomic E-state index is 0.515. The summed E-state index contributed by atoms with van der Waals surface area (Å²) in [5, 5.41) is 3.01. The van der Waals surface area contributed by atoms with Crippen molar-refractivity contribution >= 4 is 11.4 Å². The Hall–Kier alpha value is -1.22. The lowest BCUT2D eigenvalue weighted by molar-refractivity contribution is 1.07. The zero-order chi connectivity index (χ0) is 8.27. The molecule has 0 radical (unpaired) electrons. The Morgan fingerprint density at radius 1 is 1.45 bits per heavy atom. The van der Waals surface area contributed by atoms with Crippen LogP contribution in [-0.2, 0) is 6.54 Å². The lowest BCUT2D eigenvalue weighted by Crippen LogP contribution is -2.04. The average Bonchev–Trinajstić information content (AvgIpc) is 2.04. The molecule has 0 unspecified atom stereocenters. The van der Waals surface area contributed by atoms with Crippen LogP contribution < -0.4 is 16.8 Å². The first kappa shape index (κ1) is 7.88. The number of hydrogen-bond acceptors (Lipinski definition) is 3. The van der Waals surface area contributed by atoms with E-state index in [0.717, 1.165) is 16.9 Å². The van der Waals surface area contributed by atoms with E-state index in [1.807, 2.05) is 25.2 Å². The standard InChI is InChI=1S/C8H13N3/c1-11-8-6(5-9)3-2-4-7(8)10/h2-4,11H,5,9-10H2,1H3. The molecule has 5 N–H and O–H groups in total. The van der Waals surface area contributed by atoms with E-state index in [4.69, 9.17) is 11.5 Å². The largest absolute Gasteiger partial charge is 0.397 e. The van der Waals surface area contributed by atoms with E-state index in [9.17, 15) is 0 Å². The van der Waals surface area contributed by atoms with Gasteiger partial charge in [-0.1, -0.05) is 12.1 Å². The Morgan fingerprint density at radius 2 is 2.18 bits per heavy atom. The normalized spacial score (nSPS) is 9.64. The minimum atomic E-state index is 0.515. The quantitative estimate of drug-likeness (QED) is 0.547. The Labute approximate surface area is 66.4 Å². The number of rotatable bonds is 2. The SMILES string of the molecule is CNc1c(N)cccc1CN. The van der Waals surface area contributed by atoms with Crippen LogP contribution in [0.5, 0.6) is 0 Å². The van der Waals surface area contributed by atoms with Crippen molar-refractivity contribution in [3.05, 3.63) is 23.8 Å². The highest BCUT2D eigenvalue weighted by atomic mass is 14.9. The first-order valence-corrected chi connectivity index (χ1v) is 3.54. The molecule has 0 fully saturated rings. The van der Waals surface area contributed by atoms with Crippen molar-refractivity contribution in [1.82, 2.24) is 0 Å². The zero-order valence-corrected chi connectivity index (χ0v) is 6.59. The van der Waals surface area contributed by atoms with Crippen LogP contribution in [0.2, 0.25) is 0 Å². The van der Waals surface area contributed by atoms with Crippen molar-refractivity contribution in [3.63, 3.8) is 0 Å². The van der Waals surface area contributed by atoms with Gasteiger partial charge >= 0.3 is 0 Å². The Kier molecular flexibility index (Phi) is 2.33. The first-order valence-electron chi connectivity index (χ1n) is 3.54. The zero-order valence-electron chi connectivity index (χ0n) is 6.59. The molecule has 0 saturated carbocycles.